The molecule has 5 heteroatoms. The predicted molar refractivity (Wildman–Crippen MR) is 54.4 cm³/mol. The molecule has 5 N–H and O–H groups in total. The molecule has 0 fully saturated rings. The van der Waals surface area contributed by atoms with E-state index < -0.39 is 6.16 Å². The van der Waals surface area contributed by atoms with E-state index in [4.69, 9.17) is 20.7 Å². The third-order valence-electron chi connectivity index (χ3n) is 1.66. The van der Waals surface area contributed by atoms with Crippen LogP contribution in [0, 0.1) is 5.92 Å². The summed E-state index contributed by atoms with van der Waals surface area (Å²) in [7, 11) is 0. The van der Waals surface area contributed by atoms with Crippen LogP contribution in [0.25, 0.3) is 0 Å². The van der Waals surface area contributed by atoms with Gasteiger partial charge in [0.05, 0.1) is 6.10 Å². The maximum absolute atomic E-state index is 9.25. The van der Waals surface area contributed by atoms with Gasteiger partial charge in [0, 0.05) is 6.04 Å². The summed E-state index contributed by atoms with van der Waals surface area (Å²) in [6.45, 7) is 6.18. The van der Waals surface area contributed by atoms with Gasteiger partial charge in [0.25, 0.3) is 0 Å². The SMILES string of the molecule is CCC(O)C(N)CC(C)C.O=C(O)O. The van der Waals surface area contributed by atoms with Crippen molar-refractivity contribution in [3.05, 3.63) is 0 Å². The molecule has 0 radical (unpaired) electrons. The van der Waals surface area contributed by atoms with Crippen molar-refractivity contribution >= 4 is 6.16 Å². The van der Waals surface area contributed by atoms with Gasteiger partial charge in [0.15, 0.2) is 0 Å². The number of hydrogen-bond acceptors (Lipinski definition) is 3. The molecule has 5 nitrogen and oxygen atoms in total. The average molecular weight is 207 g/mol. The molecule has 0 spiro atoms. The first-order valence-electron chi connectivity index (χ1n) is 4.66. The van der Waals surface area contributed by atoms with E-state index in [-0.39, 0.29) is 12.1 Å². The summed E-state index contributed by atoms with van der Waals surface area (Å²) >= 11 is 0. The average Bonchev–Trinajstić information content (AvgIpc) is 2.00. The number of hydrogen-bond donors (Lipinski definition) is 4. The largest absolute Gasteiger partial charge is 0.503 e. The molecule has 0 aromatic rings. The molecule has 2 unspecified atom stereocenters. The fourth-order valence-corrected chi connectivity index (χ4v) is 1.00. The van der Waals surface area contributed by atoms with E-state index in [2.05, 4.69) is 13.8 Å². The molecule has 0 saturated heterocycles. The fourth-order valence-electron chi connectivity index (χ4n) is 1.00. The molecule has 0 aliphatic carbocycles. The highest BCUT2D eigenvalue weighted by atomic mass is 16.6. The van der Waals surface area contributed by atoms with Crippen molar-refractivity contribution in [1.82, 2.24) is 0 Å². The first kappa shape index (κ1) is 15.7. The van der Waals surface area contributed by atoms with Crippen molar-refractivity contribution in [2.45, 2.75) is 45.8 Å². The van der Waals surface area contributed by atoms with Crippen LogP contribution in [0.2, 0.25) is 0 Å². The Kier molecular flexibility index (Phi) is 9.81. The summed E-state index contributed by atoms with van der Waals surface area (Å²) in [6.07, 6.45) is -0.481. The Morgan fingerprint density at radius 2 is 1.71 bits per heavy atom. The summed E-state index contributed by atoms with van der Waals surface area (Å²) in [5.74, 6) is 0.580. The smallest absolute Gasteiger partial charge is 0.450 e. The molecule has 14 heavy (non-hydrogen) atoms. The molecule has 0 aliphatic rings. The summed E-state index contributed by atoms with van der Waals surface area (Å²) in [4.78, 5) is 8.56. The zero-order chi connectivity index (χ0) is 11.7. The highest BCUT2D eigenvalue weighted by Crippen LogP contribution is 2.07. The minimum atomic E-state index is -1.83. The van der Waals surface area contributed by atoms with Crippen LogP contribution in [0.4, 0.5) is 4.79 Å². The molecular formula is C9H21NO4. The summed E-state index contributed by atoms with van der Waals surface area (Å²) < 4.78 is 0. The lowest BCUT2D eigenvalue weighted by Gasteiger charge is -2.18. The molecule has 0 bridgehead atoms. The monoisotopic (exact) mass is 207 g/mol. The Hall–Kier alpha value is -0.810. The molecule has 0 aromatic carbocycles. The van der Waals surface area contributed by atoms with Crippen LogP contribution in [0.3, 0.4) is 0 Å². The Bertz CT molecular complexity index is 146. The van der Waals surface area contributed by atoms with E-state index in [0.29, 0.717) is 5.92 Å². The predicted octanol–water partition coefficient (Wildman–Crippen LogP) is 1.35. The Morgan fingerprint density at radius 3 is 1.93 bits per heavy atom. The summed E-state index contributed by atoms with van der Waals surface area (Å²) in [5.41, 5.74) is 5.68. The number of carboxylic acid groups (broad SMARTS) is 2. The maximum atomic E-state index is 9.25. The van der Waals surface area contributed by atoms with Gasteiger partial charge in [-0.25, -0.2) is 4.79 Å². The second-order valence-corrected chi connectivity index (χ2v) is 3.55. The Labute approximate surface area is 84.5 Å². The van der Waals surface area contributed by atoms with Crippen molar-refractivity contribution in [1.29, 1.82) is 0 Å². The van der Waals surface area contributed by atoms with E-state index in [0.717, 1.165) is 12.8 Å². The molecule has 0 amide bonds. The third kappa shape index (κ3) is 13.8. The van der Waals surface area contributed by atoms with Crippen LogP contribution in [0.1, 0.15) is 33.6 Å². The minimum Gasteiger partial charge on any atom is -0.450 e. The fraction of sp³-hybridized carbons (Fsp3) is 0.889. The molecule has 0 heterocycles. The molecule has 86 valence electrons. The topological polar surface area (TPSA) is 104 Å². The van der Waals surface area contributed by atoms with Crippen molar-refractivity contribution < 1.29 is 20.1 Å². The van der Waals surface area contributed by atoms with Gasteiger partial charge in [-0.05, 0) is 18.8 Å². The first-order chi connectivity index (χ1) is 6.31. The molecule has 0 aromatic heterocycles. The van der Waals surface area contributed by atoms with Gasteiger partial charge >= 0.3 is 6.16 Å². The molecule has 0 aliphatic heterocycles. The summed E-state index contributed by atoms with van der Waals surface area (Å²) in [6, 6.07) is -0.0370. The zero-order valence-electron chi connectivity index (χ0n) is 8.97. The van der Waals surface area contributed by atoms with E-state index >= 15 is 0 Å². The van der Waals surface area contributed by atoms with Gasteiger partial charge < -0.3 is 21.1 Å². The van der Waals surface area contributed by atoms with Gasteiger partial charge in [-0.2, -0.15) is 0 Å². The highest BCUT2D eigenvalue weighted by molar-refractivity contribution is 5.53. The Morgan fingerprint density at radius 1 is 1.36 bits per heavy atom. The van der Waals surface area contributed by atoms with Crippen LogP contribution < -0.4 is 5.73 Å². The third-order valence-corrected chi connectivity index (χ3v) is 1.66. The van der Waals surface area contributed by atoms with Crippen molar-refractivity contribution in [2.24, 2.45) is 11.7 Å². The van der Waals surface area contributed by atoms with Crippen LogP contribution in [0.5, 0.6) is 0 Å². The molecular weight excluding hydrogens is 186 g/mol. The zero-order valence-corrected chi connectivity index (χ0v) is 8.97. The Balaban J connectivity index is 0. The van der Waals surface area contributed by atoms with Crippen LogP contribution in [-0.4, -0.2) is 33.6 Å². The maximum Gasteiger partial charge on any atom is 0.503 e. The van der Waals surface area contributed by atoms with Gasteiger partial charge in [-0.1, -0.05) is 20.8 Å². The highest BCUT2D eigenvalue weighted by Gasteiger charge is 2.13. The standard InChI is InChI=1S/C8H19NO.CH2O3/c1-4-8(10)7(9)5-6(2)3;2-1(3)4/h6-8,10H,4-5,9H2,1-3H3;(H2,2,3,4). The van der Waals surface area contributed by atoms with Crippen LogP contribution in [-0.2, 0) is 0 Å². The second kappa shape index (κ2) is 8.77. The van der Waals surface area contributed by atoms with Crippen molar-refractivity contribution in [3.63, 3.8) is 0 Å². The lowest BCUT2D eigenvalue weighted by molar-refractivity contribution is 0.130. The van der Waals surface area contributed by atoms with Gasteiger partial charge in [0.1, 0.15) is 0 Å². The number of aliphatic hydroxyl groups is 1. The van der Waals surface area contributed by atoms with Gasteiger partial charge in [-0.15, -0.1) is 0 Å². The lowest BCUT2D eigenvalue weighted by atomic mass is 9.99. The van der Waals surface area contributed by atoms with E-state index in [1.165, 1.54) is 0 Å². The number of nitrogens with two attached hydrogens (primary N) is 1. The van der Waals surface area contributed by atoms with E-state index in [1.807, 2.05) is 6.92 Å². The minimum absolute atomic E-state index is 0.0370. The van der Waals surface area contributed by atoms with Crippen LogP contribution >= 0.6 is 0 Å². The molecule has 0 rings (SSSR count). The first-order valence-corrected chi connectivity index (χ1v) is 4.66. The number of aliphatic hydroxyl groups excluding tert-OH is 1. The summed E-state index contributed by atoms with van der Waals surface area (Å²) in [5, 5.41) is 23.2. The molecule has 0 saturated carbocycles. The lowest BCUT2D eigenvalue weighted by Crippen LogP contribution is -2.35. The van der Waals surface area contributed by atoms with E-state index in [9.17, 15) is 5.11 Å². The molecule has 2 atom stereocenters. The van der Waals surface area contributed by atoms with Crippen LogP contribution in [0.15, 0.2) is 0 Å². The second-order valence-electron chi connectivity index (χ2n) is 3.55. The van der Waals surface area contributed by atoms with Gasteiger partial charge in [0.2, 0.25) is 0 Å². The number of rotatable bonds is 4. The van der Waals surface area contributed by atoms with Crippen molar-refractivity contribution in [3.8, 4) is 0 Å². The normalized spacial score (nSPS) is 14.1. The van der Waals surface area contributed by atoms with Crippen molar-refractivity contribution in [2.75, 3.05) is 0 Å². The van der Waals surface area contributed by atoms with Gasteiger partial charge in [-0.3, -0.25) is 0 Å². The quantitative estimate of drug-likeness (QED) is 0.557. The number of carbonyl (C=O) groups is 1. The van der Waals surface area contributed by atoms with E-state index in [1.54, 1.807) is 0 Å².